The third-order valence-electron chi connectivity index (χ3n) is 10.2. The van der Waals surface area contributed by atoms with Crippen molar-refractivity contribution in [2.24, 2.45) is 0 Å². The summed E-state index contributed by atoms with van der Waals surface area (Å²) in [5.74, 6) is 0. The maximum atomic E-state index is 2.40. The van der Waals surface area contributed by atoms with Crippen LogP contribution in [0.25, 0.3) is 98.0 Å². The molecule has 10 rings (SSSR count). The van der Waals surface area contributed by atoms with Crippen molar-refractivity contribution >= 4 is 64.6 Å². The summed E-state index contributed by atoms with van der Waals surface area (Å²) in [5.41, 5.74) is 7.41. The lowest BCUT2D eigenvalue weighted by Gasteiger charge is -2.14. The Morgan fingerprint density at radius 2 is 0.604 bits per heavy atom. The highest BCUT2D eigenvalue weighted by Gasteiger charge is 2.13. The smallest absolute Gasteiger partial charge is 0.00204 e. The van der Waals surface area contributed by atoms with E-state index in [1.807, 2.05) is 0 Å². The zero-order valence-corrected chi connectivity index (χ0v) is 26.3. The van der Waals surface area contributed by atoms with Gasteiger partial charge in [0.25, 0.3) is 0 Å². The Kier molecular flexibility index (Phi) is 5.98. The molecule has 10 aromatic rings. The molecule has 0 bridgehead atoms. The highest BCUT2D eigenvalue weighted by Crippen LogP contribution is 2.41. The molecule has 0 heterocycles. The van der Waals surface area contributed by atoms with Gasteiger partial charge in [0.15, 0.2) is 0 Å². The van der Waals surface area contributed by atoms with Gasteiger partial charge >= 0.3 is 0 Å². The van der Waals surface area contributed by atoms with Gasteiger partial charge in [-0.2, -0.15) is 0 Å². The van der Waals surface area contributed by atoms with E-state index in [0.717, 1.165) is 0 Å². The molecule has 10 aromatic carbocycles. The van der Waals surface area contributed by atoms with Gasteiger partial charge in [0, 0.05) is 0 Å². The summed E-state index contributed by atoms with van der Waals surface area (Å²) in [7, 11) is 0. The third kappa shape index (κ3) is 4.31. The van der Waals surface area contributed by atoms with Crippen molar-refractivity contribution in [1.29, 1.82) is 0 Å². The van der Waals surface area contributed by atoms with E-state index in [2.05, 4.69) is 182 Å². The number of hydrogen-bond donors (Lipinski definition) is 0. The van der Waals surface area contributed by atoms with Crippen LogP contribution in [0.1, 0.15) is 0 Å². The minimum atomic E-state index is 1.23. The van der Waals surface area contributed by atoms with E-state index >= 15 is 0 Å². The first kappa shape index (κ1) is 26.9. The zero-order chi connectivity index (χ0) is 31.6. The second kappa shape index (κ2) is 10.7. The lowest BCUT2D eigenvalue weighted by Crippen LogP contribution is -1.87. The van der Waals surface area contributed by atoms with Gasteiger partial charge in [-0.3, -0.25) is 0 Å². The molecule has 48 heavy (non-hydrogen) atoms. The van der Waals surface area contributed by atoms with Crippen LogP contribution in [-0.2, 0) is 0 Å². The molecule has 0 amide bonds. The molecular formula is C48H30. The van der Waals surface area contributed by atoms with Crippen LogP contribution < -0.4 is 0 Å². The van der Waals surface area contributed by atoms with Crippen LogP contribution in [0.15, 0.2) is 182 Å². The minimum absolute atomic E-state index is 1.23. The molecule has 0 saturated carbocycles. The van der Waals surface area contributed by atoms with E-state index in [1.165, 1.54) is 98.0 Å². The van der Waals surface area contributed by atoms with Crippen molar-refractivity contribution in [3.8, 4) is 33.4 Å². The molecule has 0 radical (unpaired) electrons. The second-order valence-corrected chi connectivity index (χ2v) is 12.9. The highest BCUT2D eigenvalue weighted by atomic mass is 14.2. The predicted molar refractivity (Wildman–Crippen MR) is 208 cm³/mol. The summed E-state index contributed by atoms with van der Waals surface area (Å²) >= 11 is 0. The van der Waals surface area contributed by atoms with Crippen molar-refractivity contribution in [1.82, 2.24) is 0 Å². The average Bonchev–Trinajstić information content (AvgIpc) is 3.17. The summed E-state index contributed by atoms with van der Waals surface area (Å²) in [6.45, 7) is 0. The van der Waals surface area contributed by atoms with Gasteiger partial charge in [-0.1, -0.05) is 152 Å². The van der Waals surface area contributed by atoms with E-state index in [0.29, 0.717) is 0 Å². The van der Waals surface area contributed by atoms with Crippen molar-refractivity contribution in [2.75, 3.05) is 0 Å². The van der Waals surface area contributed by atoms with Gasteiger partial charge in [0.05, 0.1) is 0 Å². The van der Waals surface area contributed by atoms with Gasteiger partial charge in [-0.25, -0.2) is 0 Å². The van der Waals surface area contributed by atoms with Crippen LogP contribution in [0.3, 0.4) is 0 Å². The fourth-order valence-electron chi connectivity index (χ4n) is 7.76. The monoisotopic (exact) mass is 606 g/mol. The molecular weight excluding hydrogens is 577 g/mol. The first-order chi connectivity index (χ1) is 23.8. The van der Waals surface area contributed by atoms with Gasteiger partial charge in [0.1, 0.15) is 0 Å². The van der Waals surface area contributed by atoms with Crippen LogP contribution >= 0.6 is 0 Å². The maximum Gasteiger partial charge on any atom is -0.00204 e. The molecule has 0 aromatic heterocycles. The zero-order valence-electron chi connectivity index (χ0n) is 26.3. The topological polar surface area (TPSA) is 0 Å². The lowest BCUT2D eigenvalue weighted by molar-refractivity contribution is 1.61. The lowest BCUT2D eigenvalue weighted by atomic mass is 9.89. The van der Waals surface area contributed by atoms with E-state index in [9.17, 15) is 0 Å². The van der Waals surface area contributed by atoms with Gasteiger partial charge in [-0.15, -0.1) is 0 Å². The summed E-state index contributed by atoms with van der Waals surface area (Å²) in [6, 6.07) is 67.1. The van der Waals surface area contributed by atoms with E-state index < -0.39 is 0 Å². The maximum absolute atomic E-state index is 2.40. The van der Waals surface area contributed by atoms with Crippen molar-refractivity contribution in [3.63, 3.8) is 0 Å². The normalized spacial score (nSPS) is 11.8. The standard InChI is InChI=1S/C48H30/c1-2-10-33-26-36(17-16-31(33)8-1)34-11-7-12-35(27-34)37-18-19-39-29-40(21-20-38(39)28-37)41-23-25-46-47(30-41)44-15-6-5-14-43(44)45-24-22-32-9-3-4-13-42(32)48(45)46/h1-30H. The van der Waals surface area contributed by atoms with Crippen LogP contribution in [0, 0.1) is 0 Å². The Morgan fingerprint density at radius 3 is 1.29 bits per heavy atom. The summed E-state index contributed by atoms with van der Waals surface area (Å²) in [5, 5.41) is 15.5. The highest BCUT2D eigenvalue weighted by molar-refractivity contribution is 6.31. The van der Waals surface area contributed by atoms with Crippen LogP contribution in [0.2, 0.25) is 0 Å². The fraction of sp³-hybridized carbons (Fsp3) is 0. The molecule has 0 aliphatic heterocycles. The molecule has 0 aliphatic carbocycles. The molecule has 0 N–H and O–H groups in total. The Balaban J connectivity index is 1.06. The third-order valence-corrected chi connectivity index (χ3v) is 10.2. The number of hydrogen-bond acceptors (Lipinski definition) is 0. The first-order valence-corrected chi connectivity index (χ1v) is 16.7. The van der Waals surface area contributed by atoms with E-state index in [-0.39, 0.29) is 0 Å². The Labute approximate surface area is 279 Å². The first-order valence-electron chi connectivity index (χ1n) is 16.7. The Hall–Kier alpha value is -6.24. The predicted octanol–water partition coefficient (Wildman–Crippen LogP) is 13.6. The molecule has 0 spiro atoms. The molecule has 0 unspecified atom stereocenters. The molecule has 0 fully saturated rings. The molecule has 0 heteroatoms. The second-order valence-electron chi connectivity index (χ2n) is 12.9. The number of rotatable bonds is 3. The van der Waals surface area contributed by atoms with E-state index in [4.69, 9.17) is 0 Å². The summed E-state index contributed by atoms with van der Waals surface area (Å²) in [4.78, 5) is 0. The summed E-state index contributed by atoms with van der Waals surface area (Å²) in [6.07, 6.45) is 0. The summed E-state index contributed by atoms with van der Waals surface area (Å²) < 4.78 is 0. The number of benzene rings is 10. The molecule has 0 aliphatic rings. The van der Waals surface area contributed by atoms with Gasteiger partial charge < -0.3 is 0 Å². The van der Waals surface area contributed by atoms with Gasteiger partial charge in [-0.05, 0) is 128 Å². The Bertz CT molecular complexity index is 2890. The van der Waals surface area contributed by atoms with E-state index in [1.54, 1.807) is 0 Å². The molecule has 222 valence electrons. The van der Waals surface area contributed by atoms with Gasteiger partial charge in [0.2, 0.25) is 0 Å². The average molecular weight is 607 g/mol. The Morgan fingerprint density at radius 1 is 0.188 bits per heavy atom. The molecule has 0 atom stereocenters. The SMILES string of the molecule is c1cc(-c2ccc3ccccc3c2)cc(-c2ccc3cc(-c4ccc5c(c4)c4ccccc4c4ccc6ccccc6c45)ccc3c2)c1. The number of fused-ring (bicyclic) bond motifs is 10. The largest absolute Gasteiger partial charge is 0.0616 e. The minimum Gasteiger partial charge on any atom is -0.0616 e. The van der Waals surface area contributed by atoms with Crippen molar-refractivity contribution in [2.45, 2.75) is 0 Å². The van der Waals surface area contributed by atoms with Crippen molar-refractivity contribution in [3.05, 3.63) is 182 Å². The van der Waals surface area contributed by atoms with Crippen LogP contribution in [-0.4, -0.2) is 0 Å². The quantitative estimate of drug-likeness (QED) is 0.176. The van der Waals surface area contributed by atoms with Crippen molar-refractivity contribution < 1.29 is 0 Å². The van der Waals surface area contributed by atoms with Crippen LogP contribution in [0.5, 0.6) is 0 Å². The molecule has 0 saturated heterocycles. The fourth-order valence-corrected chi connectivity index (χ4v) is 7.76. The van der Waals surface area contributed by atoms with Crippen LogP contribution in [0.4, 0.5) is 0 Å². The molecule has 0 nitrogen and oxygen atoms in total.